The van der Waals surface area contributed by atoms with E-state index in [2.05, 4.69) is 29.2 Å². The molecule has 0 radical (unpaired) electrons. The second kappa shape index (κ2) is 6.94. The Balaban J connectivity index is 1.99. The lowest BCUT2D eigenvalue weighted by molar-refractivity contribution is -0.384. The molecule has 0 saturated heterocycles. The van der Waals surface area contributed by atoms with Gasteiger partial charge in [0.25, 0.3) is 5.69 Å². The second-order valence-electron chi connectivity index (χ2n) is 5.28. The van der Waals surface area contributed by atoms with Gasteiger partial charge in [0.05, 0.1) is 18.0 Å². The SMILES string of the molecule is CC(C)CNCc1ncnn1Cc1ccc([N+](=O)[O-])cc1. The first-order chi connectivity index (χ1) is 10.1. The van der Waals surface area contributed by atoms with E-state index in [4.69, 9.17) is 0 Å². The van der Waals surface area contributed by atoms with E-state index in [1.54, 1.807) is 16.8 Å². The van der Waals surface area contributed by atoms with Crippen LogP contribution < -0.4 is 5.32 Å². The zero-order chi connectivity index (χ0) is 15.2. The van der Waals surface area contributed by atoms with Crippen LogP contribution in [0.5, 0.6) is 0 Å². The molecule has 0 atom stereocenters. The Kier molecular flexibility index (Phi) is 4.99. The third-order valence-corrected chi connectivity index (χ3v) is 3.01. The minimum absolute atomic E-state index is 0.0937. The van der Waals surface area contributed by atoms with E-state index in [0.29, 0.717) is 19.0 Å². The second-order valence-corrected chi connectivity index (χ2v) is 5.28. The zero-order valence-electron chi connectivity index (χ0n) is 12.2. The van der Waals surface area contributed by atoms with E-state index >= 15 is 0 Å². The van der Waals surface area contributed by atoms with Crippen molar-refractivity contribution >= 4 is 5.69 Å². The number of hydrogen-bond donors (Lipinski definition) is 1. The largest absolute Gasteiger partial charge is 0.310 e. The van der Waals surface area contributed by atoms with Crippen LogP contribution in [0.2, 0.25) is 0 Å². The summed E-state index contributed by atoms with van der Waals surface area (Å²) in [7, 11) is 0. The highest BCUT2D eigenvalue weighted by Crippen LogP contribution is 2.13. The topological polar surface area (TPSA) is 85.9 Å². The van der Waals surface area contributed by atoms with E-state index in [1.807, 2.05) is 0 Å². The molecule has 0 bridgehead atoms. The van der Waals surface area contributed by atoms with Crippen LogP contribution in [0.15, 0.2) is 30.6 Å². The van der Waals surface area contributed by atoms with Gasteiger partial charge in [-0.2, -0.15) is 5.10 Å². The molecule has 2 aromatic rings. The van der Waals surface area contributed by atoms with Crippen molar-refractivity contribution in [3.63, 3.8) is 0 Å². The normalized spacial score (nSPS) is 11.0. The average Bonchev–Trinajstić information content (AvgIpc) is 2.86. The van der Waals surface area contributed by atoms with E-state index < -0.39 is 4.92 Å². The van der Waals surface area contributed by atoms with Crippen molar-refractivity contribution in [3.8, 4) is 0 Å². The number of nitro groups is 1. The summed E-state index contributed by atoms with van der Waals surface area (Å²) in [5.74, 6) is 1.44. The summed E-state index contributed by atoms with van der Waals surface area (Å²) in [4.78, 5) is 14.5. The van der Waals surface area contributed by atoms with Gasteiger partial charge in [-0.25, -0.2) is 9.67 Å². The van der Waals surface area contributed by atoms with E-state index in [0.717, 1.165) is 17.9 Å². The Labute approximate surface area is 123 Å². The maximum Gasteiger partial charge on any atom is 0.269 e. The van der Waals surface area contributed by atoms with Gasteiger partial charge < -0.3 is 5.32 Å². The fourth-order valence-electron chi connectivity index (χ4n) is 1.93. The Bertz CT molecular complexity index is 592. The van der Waals surface area contributed by atoms with Crippen molar-refractivity contribution in [2.75, 3.05) is 6.54 Å². The van der Waals surface area contributed by atoms with Crippen molar-refractivity contribution < 1.29 is 4.92 Å². The lowest BCUT2D eigenvalue weighted by Gasteiger charge is -2.09. The maximum atomic E-state index is 10.6. The number of rotatable bonds is 7. The molecule has 2 rings (SSSR count). The highest BCUT2D eigenvalue weighted by atomic mass is 16.6. The molecule has 0 fully saturated rings. The molecule has 1 aromatic heterocycles. The maximum absolute atomic E-state index is 10.6. The molecule has 0 unspecified atom stereocenters. The van der Waals surface area contributed by atoms with Gasteiger partial charge >= 0.3 is 0 Å². The van der Waals surface area contributed by atoms with Gasteiger partial charge in [0.2, 0.25) is 0 Å². The molecular formula is C14H19N5O2. The van der Waals surface area contributed by atoms with E-state index in [-0.39, 0.29) is 5.69 Å². The van der Waals surface area contributed by atoms with E-state index in [9.17, 15) is 10.1 Å². The monoisotopic (exact) mass is 289 g/mol. The summed E-state index contributed by atoms with van der Waals surface area (Å²) in [6.07, 6.45) is 1.53. The molecule has 0 saturated carbocycles. The number of non-ortho nitro benzene ring substituents is 1. The molecule has 1 heterocycles. The van der Waals surface area contributed by atoms with Gasteiger partial charge in [0, 0.05) is 12.1 Å². The standard InChI is InChI=1S/C14H19N5O2/c1-11(2)7-15-8-14-16-10-17-18(14)9-12-3-5-13(6-4-12)19(20)21/h3-6,10-11,15H,7-9H2,1-2H3. The third kappa shape index (κ3) is 4.35. The van der Waals surface area contributed by atoms with Crippen LogP contribution in [0, 0.1) is 16.0 Å². The minimum atomic E-state index is -0.402. The molecule has 0 aliphatic rings. The fraction of sp³-hybridized carbons (Fsp3) is 0.429. The van der Waals surface area contributed by atoms with Crippen LogP contribution in [0.4, 0.5) is 5.69 Å². The Morgan fingerprint density at radius 1 is 1.33 bits per heavy atom. The van der Waals surface area contributed by atoms with Crippen molar-refractivity contribution in [3.05, 3.63) is 52.1 Å². The molecular weight excluding hydrogens is 270 g/mol. The Morgan fingerprint density at radius 3 is 2.67 bits per heavy atom. The predicted molar refractivity (Wildman–Crippen MR) is 78.8 cm³/mol. The van der Waals surface area contributed by atoms with Gasteiger partial charge in [0.15, 0.2) is 0 Å². The molecule has 0 spiro atoms. The molecule has 21 heavy (non-hydrogen) atoms. The highest BCUT2D eigenvalue weighted by Gasteiger charge is 2.07. The molecule has 7 heteroatoms. The summed E-state index contributed by atoms with van der Waals surface area (Å²) >= 11 is 0. The van der Waals surface area contributed by atoms with Crippen LogP contribution in [0.3, 0.4) is 0 Å². The molecule has 112 valence electrons. The van der Waals surface area contributed by atoms with Crippen LogP contribution >= 0.6 is 0 Å². The van der Waals surface area contributed by atoms with Crippen molar-refractivity contribution in [1.29, 1.82) is 0 Å². The minimum Gasteiger partial charge on any atom is -0.310 e. The van der Waals surface area contributed by atoms with E-state index in [1.165, 1.54) is 18.5 Å². The summed E-state index contributed by atoms with van der Waals surface area (Å²) in [6, 6.07) is 6.49. The number of nitrogens with zero attached hydrogens (tertiary/aromatic N) is 4. The summed E-state index contributed by atoms with van der Waals surface area (Å²) < 4.78 is 1.80. The molecule has 1 N–H and O–H groups in total. The van der Waals surface area contributed by atoms with Crippen molar-refractivity contribution in [2.24, 2.45) is 5.92 Å². The van der Waals surface area contributed by atoms with Crippen LogP contribution in [-0.2, 0) is 13.1 Å². The van der Waals surface area contributed by atoms with Gasteiger partial charge in [-0.15, -0.1) is 0 Å². The quantitative estimate of drug-likeness (QED) is 0.622. The van der Waals surface area contributed by atoms with Crippen molar-refractivity contribution in [1.82, 2.24) is 20.1 Å². The lowest BCUT2D eigenvalue weighted by Crippen LogP contribution is -2.22. The predicted octanol–water partition coefficient (Wildman–Crippen LogP) is 1.98. The Hall–Kier alpha value is -2.28. The van der Waals surface area contributed by atoms with Gasteiger partial charge in [0.1, 0.15) is 12.2 Å². The van der Waals surface area contributed by atoms with Gasteiger partial charge in [-0.3, -0.25) is 10.1 Å². The highest BCUT2D eigenvalue weighted by molar-refractivity contribution is 5.32. The fourth-order valence-corrected chi connectivity index (χ4v) is 1.93. The molecule has 0 amide bonds. The number of nitrogens with one attached hydrogen (secondary N) is 1. The molecule has 1 aromatic carbocycles. The average molecular weight is 289 g/mol. The Morgan fingerprint density at radius 2 is 2.05 bits per heavy atom. The zero-order valence-corrected chi connectivity index (χ0v) is 12.2. The van der Waals surface area contributed by atoms with Crippen LogP contribution in [-0.4, -0.2) is 26.2 Å². The number of nitro benzene ring substituents is 1. The van der Waals surface area contributed by atoms with Crippen LogP contribution in [0.25, 0.3) is 0 Å². The lowest BCUT2D eigenvalue weighted by atomic mass is 10.2. The van der Waals surface area contributed by atoms with Crippen LogP contribution in [0.1, 0.15) is 25.2 Å². The third-order valence-electron chi connectivity index (χ3n) is 3.01. The summed E-state index contributed by atoms with van der Waals surface area (Å²) in [5, 5.41) is 18.1. The molecule has 0 aliphatic carbocycles. The molecule has 7 nitrogen and oxygen atoms in total. The first kappa shape index (κ1) is 15.1. The first-order valence-electron chi connectivity index (χ1n) is 6.87. The smallest absolute Gasteiger partial charge is 0.269 e. The van der Waals surface area contributed by atoms with Crippen molar-refractivity contribution in [2.45, 2.75) is 26.9 Å². The summed E-state index contributed by atoms with van der Waals surface area (Å²) in [6.45, 7) is 6.43. The number of aromatic nitrogens is 3. The molecule has 0 aliphatic heterocycles. The number of benzene rings is 1. The number of hydrogen-bond acceptors (Lipinski definition) is 5. The van der Waals surface area contributed by atoms with Gasteiger partial charge in [-0.1, -0.05) is 26.0 Å². The first-order valence-corrected chi connectivity index (χ1v) is 6.87. The van der Waals surface area contributed by atoms with Gasteiger partial charge in [-0.05, 0) is 18.0 Å². The summed E-state index contributed by atoms with van der Waals surface area (Å²) in [5.41, 5.74) is 1.05.